The molecule has 1 N–H and O–H groups in total. The van der Waals surface area contributed by atoms with Gasteiger partial charge in [-0.2, -0.15) is 5.10 Å². The molecular weight excluding hydrogens is 446 g/mol. The third-order valence-corrected chi connectivity index (χ3v) is 5.12. The van der Waals surface area contributed by atoms with Gasteiger partial charge in [0.25, 0.3) is 5.91 Å². The number of ether oxygens (including phenoxy) is 2. The Morgan fingerprint density at radius 1 is 1.16 bits per heavy atom. The fourth-order valence-corrected chi connectivity index (χ4v) is 3.11. The van der Waals surface area contributed by atoms with Gasteiger partial charge in [0.1, 0.15) is 19.1 Å². The van der Waals surface area contributed by atoms with Gasteiger partial charge in [0, 0.05) is 31.1 Å². The van der Waals surface area contributed by atoms with Crippen LogP contribution in [0.2, 0.25) is 0 Å². The first-order valence-corrected chi connectivity index (χ1v) is 11.2. The van der Waals surface area contributed by atoms with Crippen molar-refractivity contribution in [3.63, 3.8) is 0 Å². The van der Waals surface area contributed by atoms with Crippen LogP contribution in [0.5, 0.6) is 17.2 Å². The maximum Gasteiger partial charge on any atom is 0.257 e. The number of aryl methyl sites for hydroxylation is 1. The normalized spacial score (nSPS) is 11.4. The zero-order chi connectivity index (χ0) is 23.3. The zero-order valence-corrected chi connectivity index (χ0v) is 18.0. The second-order valence-corrected chi connectivity index (χ2v) is 8.71. The summed E-state index contributed by atoms with van der Waals surface area (Å²) >= 11 is 0. The molecule has 32 heavy (non-hydrogen) atoms. The summed E-state index contributed by atoms with van der Waals surface area (Å²) in [4.78, 5) is 16.4. The molecule has 0 aliphatic carbocycles. The molecule has 0 bridgehead atoms. The second-order valence-electron chi connectivity index (χ2n) is 6.75. The van der Waals surface area contributed by atoms with Gasteiger partial charge < -0.3 is 14.8 Å². The molecule has 0 aliphatic heterocycles. The number of hydrogen-bond donors (Lipinski definition) is 1. The number of nitrogens with zero attached hydrogens (tertiary/aromatic N) is 3. The summed E-state index contributed by atoms with van der Waals surface area (Å²) in [7, 11) is -1.81. The van der Waals surface area contributed by atoms with Crippen molar-refractivity contribution < 1.29 is 31.5 Å². The molecule has 1 aromatic carbocycles. The molecule has 12 heteroatoms. The van der Waals surface area contributed by atoms with Crippen LogP contribution in [0.25, 0.3) is 0 Å². The minimum absolute atomic E-state index is 0.00752. The number of anilines is 1. The maximum atomic E-state index is 13.0. The molecule has 0 atom stereocenters. The molecule has 3 rings (SSSR count). The van der Waals surface area contributed by atoms with E-state index in [0.29, 0.717) is 5.82 Å². The van der Waals surface area contributed by atoms with Crippen LogP contribution >= 0.6 is 0 Å². The highest BCUT2D eigenvalue weighted by Gasteiger charge is 2.18. The lowest BCUT2D eigenvalue weighted by atomic mass is 10.2. The molecule has 0 radical (unpaired) electrons. The van der Waals surface area contributed by atoms with Gasteiger partial charge in [-0.3, -0.25) is 9.48 Å². The number of benzene rings is 1. The average Bonchev–Trinajstić information content (AvgIpc) is 3.17. The van der Waals surface area contributed by atoms with Crippen LogP contribution in [0.1, 0.15) is 10.4 Å². The first-order chi connectivity index (χ1) is 15.2. The molecule has 2 aromatic heterocycles. The Hall–Kier alpha value is -3.54. The lowest BCUT2D eigenvalue weighted by molar-refractivity contribution is 0.102. The van der Waals surface area contributed by atoms with E-state index >= 15 is 0 Å². The van der Waals surface area contributed by atoms with E-state index in [2.05, 4.69) is 15.4 Å². The van der Waals surface area contributed by atoms with E-state index in [0.717, 1.165) is 6.26 Å². The lowest BCUT2D eigenvalue weighted by Crippen LogP contribution is -2.21. The lowest BCUT2D eigenvalue weighted by Gasteiger charge is -2.17. The van der Waals surface area contributed by atoms with Crippen molar-refractivity contribution in [3.8, 4) is 17.2 Å². The molecule has 0 fully saturated rings. The molecule has 0 aliphatic rings. The Morgan fingerprint density at radius 2 is 1.91 bits per heavy atom. The van der Waals surface area contributed by atoms with Crippen molar-refractivity contribution >= 4 is 21.6 Å². The number of hydrogen-bond acceptors (Lipinski definition) is 7. The topological polar surface area (TPSA) is 112 Å². The summed E-state index contributed by atoms with van der Waals surface area (Å²) in [6.45, 7) is -2.13. The number of carbonyl (C=O) groups excluding carboxylic acids is 1. The Balaban J connectivity index is 1.90. The van der Waals surface area contributed by atoms with E-state index < -0.39 is 35.2 Å². The minimum Gasteiger partial charge on any atom is -0.481 e. The molecule has 170 valence electrons. The number of rotatable bonds is 9. The summed E-state index contributed by atoms with van der Waals surface area (Å²) in [6.07, 6.45) is 2.49. The van der Waals surface area contributed by atoms with Crippen molar-refractivity contribution in [2.75, 3.05) is 24.9 Å². The third-order valence-electron chi connectivity index (χ3n) is 4.12. The Bertz CT molecular complexity index is 1190. The predicted molar refractivity (Wildman–Crippen MR) is 111 cm³/mol. The molecule has 0 saturated carbocycles. The summed E-state index contributed by atoms with van der Waals surface area (Å²) in [6, 6.07) is 8.28. The first-order valence-electron chi connectivity index (χ1n) is 9.27. The average molecular weight is 466 g/mol. The van der Waals surface area contributed by atoms with Gasteiger partial charge in [-0.1, -0.05) is 0 Å². The largest absolute Gasteiger partial charge is 0.481 e. The van der Waals surface area contributed by atoms with E-state index in [9.17, 15) is 22.0 Å². The van der Waals surface area contributed by atoms with Gasteiger partial charge in [-0.15, -0.1) is 0 Å². The highest BCUT2D eigenvalue weighted by atomic mass is 32.2. The van der Waals surface area contributed by atoms with E-state index in [1.807, 2.05) is 0 Å². The number of pyridine rings is 1. The van der Waals surface area contributed by atoms with Gasteiger partial charge in [0.15, 0.2) is 38.3 Å². The number of sulfone groups is 1. The fraction of sp³-hybridized carbons (Fsp3) is 0.250. The van der Waals surface area contributed by atoms with Crippen molar-refractivity contribution in [2.45, 2.75) is 11.1 Å². The zero-order valence-electron chi connectivity index (χ0n) is 17.2. The maximum absolute atomic E-state index is 13.0. The van der Waals surface area contributed by atoms with E-state index in [1.165, 1.54) is 41.2 Å². The van der Waals surface area contributed by atoms with Crippen molar-refractivity contribution in [1.29, 1.82) is 0 Å². The van der Waals surface area contributed by atoms with Crippen molar-refractivity contribution in [1.82, 2.24) is 14.8 Å². The van der Waals surface area contributed by atoms with Crippen molar-refractivity contribution in [2.24, 2.45) is 7.05 Å². The monoisotopic (exact) mass is 466 g/mol. The van der Waals surface area contributed by atoms with E-state index in [4.69, 9.17) is 9.47 Å². The standard InChI is InChI=1S/C20H20F2N4O5S/c1-26-8-7-18(25-26)24-20(27)13-3-5-16(31-15(10-21)11-22)17(9-13)30-14-4-6-19(23-12-14)32(2,28)29/h3-9,12,15H,10-11H2,1-2H3,(H,24,25,27). The predicted octanol–water partition coefficient (Wildman–Crippen LogP) is 2.95. The number of alkyl halides is 2. The Labute approximate surface area is 182 Å². The number of carbonyl (C=O) groups is 1. The summed E-state index contributed by atoms with van der Waals surface area (Å²) < 4.78 is 61.6. The van der Waals surface area contributed by atoms with Gasteiger partial charge in [-0.05, 0) is 30.3 Å². The third kappa shape index (κ3) is 5.78. The van der Waals surface area contributed by atoms with Gasteiger partial charge in [-0.25, -0.2) is 22.2 Å². The van der Waals surface area contributed by atoms with Crippen LogP contribution in [0.15, 0.2) is 53.8 Å². The van der Waals surface area contributed by atoms with Gasteiger partial charge >= 0.3 is 0 Å². The van der Waals surface area contributed by atoms with E-state index in [1.54, 1.807) is 19.3 Å². The highest BCUT2D eigenvalue weighted by Crippen LogP contribution is 2.34. The van der Waals surface area contributed by atoms with Crippen molar-refractivity contribution in [3.05, 3.63) is 54.4 Å². The fourth-order valence-electron chi connectivity index (χ4n) is 2.55. The molecule has 0 spiro atoms. The summed E-state index contributed by atoms with van der Waals surface area (Å²) in [5.74, 6) is -0.0677. The molecule has 2 heterocycles. The number of aromatic nitrogens is 3. The summed E-state index contributed by atoms with van der Waals surface area (Å²) in [5, 5.41) is 6.52. The molecule has 1 amide bonds. The second kappa shape index (κ2) is 9.73. The minimum atomic E-state index is -3.50. The quantitative estimate of drug-likeness (QED) is 0.516. The van der Waals surface area contributed by atoms with Crippen LogP contribution < -0.4 is 14.8 Å². The Kier molecular flexibility index (Phi) is 7.03. The first kappa shape index (κ1) is 23.1. The molecule has 3 aromatic rings. The highest BCUT2D eigenvalue weighted by molar-refractivity contribution is 7.90. The van der Waals surface area contributed by atoms with Crippen LogP contribution in [0, 0.1) is 0 Å². The molecule has 0 saturated heterocycles. The van der Waals surface area contributed by atoms with E-state index in [-0.39, 0.29) is 27.8 Å². The molecule has 9 nitrogen and oxygen atoms in total. The Morgan fingerprint density at radius 3 is 2.47 bits per heavy atom. The van der Waals surface area contributed by atoms with Crippen LogP contribution in [0.4, 0.5) is 14.6 Å². The van der Waals surface area contributed by atoms with Crippen LogP contribution in [0.3, 0.4) is 0 Å². The van der Waals surface area contributed by atoms with Gasteiger partial charge in [0.05, 0.1) is 6.20 Å². The smallest absolute Gasteiger partial charge is 0.257 e. The number of halogens is 2. The molecular formula is C20H20F2N4O5S. The number of amides is 1. The van der Waals surface area contributed by atoms with Gasteiger partial charge in [0.2, 0.25) is 0 Å². The number of nitrogens with one attached hydrogen (secondary N) is 1. The summed E-state index contributed by atoms with van der Waals surface area (Å²) in [5.41, 5.74) is 0.163. The van der Waals surface area contributed by atoms with Crippen LogP contribution in [-0.4, -0.2) is 54.8 Å². The SMILES string of the molecule is Cn1ccc(NC(=O)c2ccc(OC(CF)CF)c(Oc3ccc(S(C)(=O)=O)nc3)c2)n1. The van der Waals surface area contributed by atoms with Crippen LogP contribution in [-0.2, 0) is 16.9 Å². The molecule has 0 unspecified atom stereocenters.